The van der Waals surface area contributed by atoms with Crippen LogP contribution in [-0.2, 0) is 13.6 Å². The quantitative estimate of drug-likeness (QED) is 0.501. The topological polar surface area (TPSA) is 54.2 Å². The molecule has 0 bridgehead atoms. The molecule has 1 aromatic heterocycles. The number of nitrogens with one attached hydrogen (secondary N) is 2. The predicted molar refractivity (Wildman–Crippen MR) is 111 cm³/mol. The highest BCUT2D eigenvalue weighted by molar-refractivity contribution is 5.79. The van der Waals surface area contributed by atoms with Crippen LogP contribution in [0.15, 0.2) is 77.9 Å². The molecule has 0 aliphatic heterocycles. The molecule has 3 aromatic rings. The molecular formula is C22H27N5. The van der Waals surface area contributed by atoms with Gasteiger partial charge in [0.1, 0.15) is 0 Å². The SMILES string of the molecule is CN=C(NCCC(c1ccccc1)c1ccccc1)NCc1ccnn1C. The van der Waals surface area contributed by atoms with Crippen LogP contribution < -0.4 is 10.6 Å². The summed E-state index contributed by atoms with van der Waals surface area (Å²) < 4.78 is 1.86. The smallest absolute Gasteiger partial charge is 0.191 e. The van der Waals surface area contributed by atoms with Crippen molar-refractivity contribution in [3.63, 3.8) is 0 Å². The zero-order valence-electron chi connectivity index (χ0n) is 16.0. The molecule has 0 fully saturated rings. The van der Waals surface area contributed by atoms with Gasteiger partial charge in [-0.05, 0) is 23.6 Å². The van der Waals surface area contributed by atoms with Gasteiger partial charge in [0.25, 0.3) is 0 Å². The van der Waals surface area contributed by atoms with Crippen LogP contribution in [0.5, 0.6) is 0 Å². The first-order valence-corrected chi connectivity index (χ1v) is 9.29. The Morgan fingerprint density at radius 3 is 2.11 bits per heavy atom. The van der Waals surface area contributed by atoms with Gasteiger partial charge in [-0.25, -0.2) is 0 Å². The number of nitrogens with zero attached hydrogens (tertiary/aromatic N) is 3. The van der Waals surface area contributed by atoms with Gasteiger partial charge in [-0.15, -0.1) is 0 Å². The van der Waals surface area contributed by atoms with Gasteiger partial charge >= 0.3 is 0 Å². The predicted octanol–water partition coefficient (Wildman–Crippen LogP) is 3.31. The van der Waals surface area contributed by atoms with E-state index in [1.165, 1.54) is 11.1 Å². The molecule has 5 heteroatoms. The summed E-state index contributed by atoms with van der Waals surface area (Å²) in [7, 11) is 3.74. The monoisotopic (exact) mass is 361 g/mol. The van der Waals surface area contributed by atoms with E-state index in [1.54, 1.807) is 13.2 Å². The maximum atomic E-state index is 4.32. The lowest BCUT2D eigenvalue weighted by Crippen LogP contribution is -2.38. The first-order valence-electron chi connectivity index (χ1n) is 9.29. The molecule has 3 rings (SSSR count). The summed E-state index contributed by atoms with van der Waals surface area (Å²) in [5.41, 5.74) is 3.79. The lowest BCUT2D eigenvalue weighted by atomic mass is 9.88. The zero-order valence-corrected chi connectivity index (χ0v) is 16.0. The van der Waals surface area contributed by atoms with Crippen molar-refractivity contribution in [1.29, 1.82) is 0 Å². The Balaban J connectivity index is 1.59. The van der Waals surface area contributed by atoms with Gasteiger partial charge in [0.2, 0.25) is 0 Å². The third kappa shape index (κ3) is 5.20. The number of aryl methyl sites for hydroxylation is 1. The van der Waals surface area contributed by atoms with E-state index in [1.807, 2.05) is 17.8 Å². The van der Waals surface area contributed by atoms with Gasteiger partial charge in [-0.3, -0.25) is 9.67 Å². The maximum absolute atomic E-state index is 4.32. The second kappa shape index (κ2) is 9.57. The third-order valence-electron chi connectivity index (χ3n) is 4.71. The van der Waals surface area contributed by atoms with E-state index in [-0.39, 0.29) is 0 Å². The summed E-state index contributed by atoms with van der Waals surface area (Å²) in [5, 5.41) is 11.0. The molecule has 2 N–H and O–H groups in total. The van der Waals surface area contributed by atoms with Gasteiger partial charge in [-0.1, -0.05) is 60.7 Å². The third-order valence-corrected chi connectivity index (χ3v) is 4.71. The number of guanidine groups is 1. The molecule has 0 atom stereocenters. The highest BCUT2D eigenvalue weighted by Gasteiger charge is 2.13. The second-order valence-electron chi connectivity index (χ2n) is 6.46. The van der Waals surface area contributed by atoms with Crippen molar-refractivity contribution in [2.75, 3.05) is 13.6 Å². The summed E-state index contributed by atoms with van der Waals surface area (Å²) in [6.45, 7) is 1.52. The van der Waals surface area contributed by atoms with Crippen LogP contribution in [0.2, 0.25) is 0 Å². The average molecular weight is 361 g/mol. The van der Waals surface area contributed by atoms with Crippen LogP contribution in [0.3, 0.4) is 0 Å². The van der Waals surface area contributed by atoms with Crippen LogP contribution in [0.4, 0.5) is 0 Å². The molecule has 0 saturated carbocycles. The van der Waals surface area contributed by atoms with Crippen molar-refractivity contribution in [2.45, 2.75) is 18.9 Å². The molecule has 2 aromatic carbocycles. The van der Waals surface area contributed by atoms with Crippen molar-refractivity contribution in [1.82, 2.24) is 20.4 Å². The highest BCUT2D eigenvalue weighted by atomic mass is 15.3. The molecule has 0 aliphatic carbocycles. The standard InChI is InChI=1S/C22H27N5/c1-23-22(25-17-20-13-16-26-27(20)2)24-15-14-21(18-9-5-3-6-10-18)19-11-7-4-8-12-19/h3-13,16,21H,14-15,17H2,1-2H3,(H2,23,24,25). The maximum Gasteiger partial charge on any atom is 0.191 e. The molecule has 0 amide bonds. The van der Waals surface area contributed by atoms with E-state index in [0.717, 1.165) is 24.6 Å². The highest BCUT2D eigenvalue weighted by Crippen LogP contribution is 2.27. The first kappa shape index (κ1) is 18.7. The van der Waals surface area contributed by atoms with E-state index in [9.17, 15) is 0 Å². The zero-order chi connectivity index (χ0) is 18.9. The lowest BCUT2D eigenvalue weighted by molar-refractivity contribution is 0.662. The van der Waals surface area contributed by atoms with E-state index >= 15 is 0 Å². The lowest BCUT2D eigenvalue weighted by Gasteiger charge is -2.19. The minimum Gasteiger partial charge on any atom is -0.356 e. The van der Waals surface area contributed by atoms with Gasteiger partial charge < -0.3 is 10.6 Å². The normalized spacial score (nSPS) is 11.6. The fraction of sp³-hybridized carbons (Fsp3) is 0.273. The van der Waals surface area contributed by atoms with E-state index < -0.39 is 0 Å². The molecule has 0 aliphatic rings. The molecule has 0 radical (unpaired) electrons. The number of aliphatic imine (C=N–C) groups is 1. The fourth-order valence-electron chi connectivity index (χ4n) is 3.20. The Labute approximate surface area is 161 Å². The van der Waals surface area contributed by atoms with Crippen molar-refractivity contribution in [3.8, 4) is 0 Å². The van der Waals surface area contributed by atoms with Crippen molar-refractivity contribution < 1.29 is 0 Å². The number of hydrogen-bond donors (Lipinski definition) is 2. The minimum absolute atomic E-state index is 0.357. The number of hydrogen-bond acceptors (Lipinski definition) is 2. The summed E-state index contributed by atoms with van der Waals surface area (Å²) in [6, 6.07) is 23.4. The van der Waals surface area contributed by atoms with Gasteiger partial charge in [0.15, 0.2) is 5.96 Å². The van der Waals surface area contributed by atoms with Crippen molar-refractivity contribution in [2.24, 2.45) is 12.0 Å². The largest absolute Gasteiger partial charge is 0.356 e. The Morgan fingerprint density at radius 1 is 0.963 bits per heavy atom. The van der Waals surface area contributed by atoms with Crippen molar-refractivity contribution >= 4 is 5.96 Å². The molecule has 140 valence electrons. The fourth-order valence-corrected chi connectivity index (χ4v) is 3.20. The number of aromatic nitrogens is 2. The molecule has 0 spiro atoms. The molecular weight excluding hydrogens is 334 g/mol. The Bertz CT molecular complexity index is 800. The molecule has 1 heterocycles. The minimum atomic E-state index is 0.357. The van der Waals surface area contributed by atoms with Crippen molar-refractivity contribution in [3.05, 3.63) is 89.7 Å². The Kier molecular flexibility index (Phi) is 6.63. The Morgan fingerprint density at radius 2 is 1.59 bits per heavy atom. The second-order valence-corrected chi connectivity index (χ2v) is 6.46. The number of benzene rings is 2. The van der Waals surface area contributed by atoms with Crippen LogP contribution in [0.1, 0.15) is 29.2 Å². The van der Waals surface area contributed by atoms with Gasteiger partial charge in [0.05, 0.1) is 12.2 Å². The molecule has 0 saturated heterocycles. The van der Waals surface area contributed by atoms with Crippen LogP contribution in [0.25, 0.3) is 0 Å². The van der Waals surface area contributed by atoms with Crippen LogP contribution in [-0.4, -0.2) is 29.3 Å². The van der Waals surface area contributed by atoms with E-state index in [0.29, 0.717) is 12.5 Å². The molecule has 27 heavy (non-hydrogen) atoms. The van der Waals surface area contributed by atoms with Gasteiger partial charge in [-0.2, -0.15) is 5.10 Å². The van der Waals surface area contributed by atoms with Crippen LogP contribution >= 0.6 is 0 Å². The van der Waals surface area contributed by atoms with E-state index in [2.05, 4.69) is 81.4 Å². The van der Waals surface area contributed by atoms with E-state index in [4.69, 9.17) is 0 Å². The van der Waals surface area contributed by atoms with Gasteiger partial charge in [0, 0.05) is 32.8 Å². The first-order chi connectivity index (χ1) is 13.3. The van der Waals surface area contributed by atoms with Crippen LogP contribution in [0, 0.1) is 0 Å². The summed E-state index contributed by atoms with van der Waals surface area (Å²) in [4.78, 5) is 4.32. The Hall–Kier alpha value is -3.08. The summed E-state index contributed by atoms with van der Waals surface area (Å²) in [5.74, 6) is 1.16. The number of rotatable bonds is 7. The average Bonchev–Trinajstić information content (AvgIpc) is 3.13. The summed E-state index contributed by atoms with van der Waals surface area (Å²) in [6.07, 6.45) is 2.79. The molecule has 5 nitrogen and oxygen atoms in total. The molecule has 0 unspecified atom stereocenters. The summed E-state index contributed by atoms with van der Waals surface area (Å²) >= 11 is 0.